The van der Waals surface area contributed by atoms with Gasteiger partial charge in [-0.15, -0.1) is 0 Å². The van der Waals surface area contributed by atoms with Crippen molar-refractivity contribution in [2.45, 2.75) is 121 Å². The Kier molecular flexibility index (Phi) is 15.5. The molecule has 21 heteroatoms. The number of halogens is 3. The van der Waals surface area contributed by atoms with Crippen molar-refractivity contribution < 1.29 is 53.8 Å². The van der Waals surface area contributed by atoms with E-state index in [-0.39, 0.29) is 81.8 Å². The number of oxazole rings is 2. The molecule has 8 rings (SSSR count). The Hall–Kier alpha value is -3.20. The van der Waals surface area contributed by atoms with Crippen LogP contribution in [-0.2, 0) is 49.8 Å². The molecule has 3 fully saturated rings. The maximum absolute atomic E-state index is 13.0. The van der Waals surface area contributed by atoms with Gasteiger partial charge in [0.2, 0.25) is 11.8 Å². The van der Waals surface area contributed by atoms with Crippen molar-refractivity contribution in [3.05, 3.63) is 63.2 Å². The highest BCUT2D eigenvalue weighted by Crippen LogP contribution is 2.45. The molecule has 0 atom stereocenters. The zero-order valence-electron chi connectivity index (χ0n) is 38.1. The Morgan fingerprint density at radius 1 is 0.606 bits per heavy atom. The molecule has 3 saturated carbocycles. The molecule has 0 unspecified atom stereocenters. The second kappa shape index (κ2) is 19.7. The van der Waals surface area contributed by atoms with Crippen molar-refractivity contribution in [1.82, 2.24) is 9.97 Å². The highest BCUT2D eigenvalue weighted by molar-refractivity contribution is 7.93. The molecule has 0 amide bonds. The van der Waals surface area contributed by atoms with E-state index in [2.05, 4.69) is 9.97 Å². The Balaban J connectivity index is 0.000000165. The van der Waals surface area contributed by atoms with E-state index >= 15 is 0 Å². The highest BCUT2D eigenvalue weighted by Gasteiger charge is 2.44. The van der Waals surface area contributed by atoms with Gasteiger partial charge in [-0.05, 0) is 92.7 Å². The summed E-state index contributed by atoms with van der Waals surface area (Å²) in [4.78, 5) is 8.69. The van der Waals surface area contributed by atoms with Gasteiger partial charge in [0.15, 0.2) is 46.4 Å². The molecule has 0 spiro atoms. The number of aliphatic hydroxyl groups excluding tert-OH is 1. The Labute approximate surface area is 401 Å². The van der Waals surface area contributed by atoms with E-state index < -0.39 is 51.0 Å². The van der Waals surface area contributed by atoms with E-state index in [0.29, 0.717) is 74.6 Å². The second-order valence-electron chi connectivity index (χ2n) is 19.4. The molecule has 0 radical (unpaired) electrons. The first-order valence-electron chi connectivity index (χ1n) is 21.4. The van der Waals surface area contributed by atoms with E-state index in [1.807, 2.05) is 41.5 Å². The molecule has 4 N–H and O–H groups in total. The number of fused-ring (bicyclic) bond motifs is 2. The van der Waals surface area contributed by atoms with E-state index in [1.54, 1.807) is 38.5 Å². The van der Waals surface area contributed by atoms with Crippen LogP contribution < -0.4 is 5.73 Å². The lowest BCUT2D eigenvalue weighted by atomic mass is 9.85. The van der Waals surface area contributed by atoms with Crippen molar-refractivity contribution in [2.24, 2.45) is 17.8 Å². The summed E-state index contributed by atoms with van der Waals surface area (Å²) in [5, 5.41) is 17.8. The number of ether oxygens (including phenoxy) is 2. The molecule has 0 aliphatic heterocycles. The highest BCUT2D eigenvalue weighted by atomic mass is 35.5. The largest absolute Gasteiger partial charge is 0.504 e. The zero-order valence-corrected chi connectivity index (χ0v) is 42.8. The average Bonchev–Trinajstić information content (AvgIpc) is 3.81. The van der Waals surface area contributed by atoms with Gasteiger partial charge in [-0.1, -0.05) is 76.3 Å². The fraction of sp³-hybridized carbons (Fsp3) is 0.556. The third-order valence-corrected chi connectivity index (χ3v) is 20.1. The number of aromatic hydroxyl groups is 1. The van der Waals surface area contributed by atoms with Gasteiger partial charge in [-0.25, -0.2) is 35.2 Å². The van der Waals surface area contributed by atoms with E-state index in [4.69, 9.17) is 64.0 Å². The fourth-order valence-corrected chi connectivity index (χ4v) is 15.9. The molecule has 3 aromatic carbocycles. The number of methoxy groups -OCH3 is 2. The monoisotopic (exact) mass is 1030 g/mol. The van der Waals surface area contributed by atoms with Crippen LogP contribution in [0.4, 0.5) is 5.69 Å². The van der Waals surface area contributed by atoms with Crippen molar-refractivity contribution in [1.29, 1.82) is 0 Å². The number of rotatable bonds is 11. The van der Waals surface area contributed by atoms with Gasteiger partial charge in [0.25, 0.3) is 0 Å². The minimum atomic E-state index is -3.65. The minimum Gasteiger partial charge on any atom is -0.504 e. The average molecular weight is 1040 g/mol. The number of phenolic OH excluding ortho intramolecular Hbond substituents is 1. The van der Waals surface area contributed by atoms with Crippen LogP contribution in [0.2, 0.25) is 15.1 Å². The smallest absolute Gasteiger partial charge is 0.200 e. The summed E-state index contributed by atoms with van der Waals surface area (Å²) in [5.41, 5.74) is 6.41. The fourth-order valence-electron chi connectivity index (χ4n) is 8.07. The number of phenols is 1. The number of nitrogens with zero attached hydrogens (tertiary/aromatic N) is 2. The van der Waals surface area contributed by atoms with Crippen LogP contribution in [-0.4, -0.2) is 95.2 Å². The van der Waals surface area contributed by atoms with Crippen molar-refractivity contribution in [3.8, 4) is 5.75 Å². The van der Waals surface area contributed by atoms with Gasteiger partial charge in [-0.3, -0.25) is 0 Å². The van der Waals surface area contributed by atoms with Crippen LogP contribution in [0.3, 0.4) is 0 Å². The number of anilines is 1. The predicted octanol–water partition coefficient (Wildman–Crippen LogP) is 9.13. The summed E-state index contributed by atoms with van der Waals surface area (Å²) in [5.74, 6) is 1.10. The molecule has 3 aliphatic carbocycles. The number of nitrogens with two attached hydrogens (primary N) is 1. The lowest BCUT2D eigenvalue weighted by Gasteiger charge is -2.34. The summed E-state index contributed by atoms with van der Waals surface area (Å²) in [6.45, 7) is 12.9. The third kappa shape index (κ3) is 10.5. The summed E-state index contributed by atoms with van der Waals surface area (Å²) >= 11 is 18.3. The van der Waals surface area contributed by atoms with E-state index in [0.717, 1.165) is 0 Å². The minimum absolute atomic E-state index is 0.00175. The summed E-state index contributed by atoms with van der Waals surface area (Å²) in [6, 6.07) is 9.27. The van der Waals surface area contributed by atoms with E-state index in [9.17, 15) is 30.4 Å². The first-order chi connectivity index (χ1) is 30.7. The third-order valence-electron chi connectivity index (χ3n) is 12.1. The number of hydrogen-bond acceptors (Lipinski definition) is 15. The standard InChI is InChI=1S/C17H22ClNO4S.C16H20ClNO4S.C12H16ClNO4S/c1-17(2,3)16-19-13-6-5-12(18)15(14(13)23-16)24(20,21)11-7-10(8-11)9-22-4;1-16(2,3)15-18-12-5-4-11(17)14(13(12)22-15)23(20,21)10-6-9(7-10)8-19;1-18-6-7-4-8(5-7)19(16,17)12-9(13)2-3-10(14)11(12)15/h5-6,10-11H,7-9H2,1-4H3;4-5,9-10,19H,6-8H2,1-3H3;2-3,7-8,15H,4-6,14H2,1H3. The number of sulfone groups is 3. The maximum Gasteiger partial charge on any atom is 0.200 e. The lowest BCUT2D eigenvalue weighted by molar-refractivity contribution is 0.113. The summed E-state index contributed by atoms with van der Waals surface area (Å²) in [6.07, 6.45) is 3.10. The molecule has 15 nitrogen and oxygen atoms in total. The molecular formula is C45H58Cl3N3O12S3. The quantitative estimate of drug-likeness (QED) is 0.0826. The van der Waals surface area contributed by atoms with Crippen LogP contribution in [0.25, 0.3) is 22.2 Å². The molecule has 0 bridgehead atoms. The SMILES string of the molecule is CC(C)(C)c1nc2ccc(Cl)c(S(=O)(=O)C3CC(CO)C3)c2o1.COCC1CC(S(=O)(=O)c2c(Cl)ccc(N)c2O)C1.COCC1CC(S(=O)(=O)c2c(Cl)ccc3nc(C(C)(C)C)oc23)C1. The van der Waals surface area contributed by atoms with Gasteiger partial charge in [0.05, 0.1) is 36.5 Å². The molecule has 66 heavy (non-hydrogen) atoms. The van der Waals surface area contributed by atoms with Gasteiger partial charge >= 0.3 is 0 Å². The lowest BCUT2D eigenvalue weighted by Crippen LogP contribution is -2.38. The summed E-state index contributed by atoms with van der Waals surface area (Å²) < 4.78 is 98.4. The first kappa shape index (κ1) is 52.2. The molecule has 5 aromatic rings. The van der Waals surface area contributed by atoms with Crippen LogP contribution in [0.5, 0.6) is 5.75 Å². The number of aliphatic hydroxyl groups is 1. The van der Waals surface area contributed by atoms with Crippen LogP contribution in [0.1, 0.15) is 91.8 Å². The molecular weight excluding hydrogens is 977 g/mol. The first-order valence-corrected chi connectivity index (χ1v) is 27.2. The normalized spacial score (nSPS) is 22.4. The summed E-state index contributed by atoms with van der Waals surface area (Å²) in [7, 11) is -7.62. The van der Waals surface area contributed by atoms with Crippen molar-refractivity contribution in [3.63, 3.8) is 0 Å². The Morgan fingerprint density at radius 2 is 0.939 bits per heavy atom. The number of hydrogen-bond donors (Lipinski definition) is 3. The van der Waals surface area contributed by atoms with Gasteiger partial charge in [0, 0.05) is 44.9 Å². The van der Waals surface area contributed by atoms with Crippen LogP contribution in [0.15, 0.2) is 59.9 Å². The predicted molar refractivity (Wildman–Crippen MR) is 255 cm³/mol. The van der Waals surface area contributed by atoms with E-state index in [1.165, 1.54) is 12.1 Å². The van der Waals surface area contributed by atoms with Crippen LogP contribution >= 0.6 is 34.8 Å². The number of benzene rings is 3. The zero-order chi connectivity index (χ0) is 48.9. The Morgan fingerprint density at radius 3 is 1.29 bits per heavy atom. The van der Waals surface area contributed by atoms with Gasteiger partial charge in [-0.2, -0.15) is 0 Å². The molecule has 2 heterocycles. The number of aromatic nitrogens is 2. The van der Waals surface area contributed by atoms with Crippen molar-refractivity contribution >= 4 is 92.2 Å². The molecule has 3 aliphatic rings. The maximum atomic E-state index is 13.0. The van der Waals surface area contributed by atoms with Gasteiger partial charge in [0.1, 0.15) is 25.7 Å². The molecule has 364 valence electrons. The topological polar surface area (TPSA) is 239 Å². The molecule has 2 aromatic heterocycles. The van der Waals surface area contributed by atoms with Gasteiger partial charge < -0.3 is 34.3 Å². The number of nitrogen functional groups attached to an aromatic ring is 1. The van der Waals surface area contributed by atoms with Crippen molar-refractivity contribution in [2.75, 3.05) is 39.8 Å². The second-order valence-corrected chi connectivity index (χ2v) is 27.1. The van der Waals surface area contributed by atoms with Crippen LogP contribution in [0, 0.1) is 17.8 Å². The Bertz CT molecular complexity index is 2910. The molecule has 0 saturated heterocycles.